The summed E-state index contributed by atoms with van der Waals surface area (Å²) in [6.45, 7) is 7.51. The van der Waals surface area contributed by atoms with Crippen LogP contribution in [0.2, 0.25) is 0 Å². The zero-order valence-electron chi connectivity index (χ0n) is 9.96. The van der Waals surface area contributed by atoms with Gasteiger partial charge in [0, 0.05) is 31.9 Å². The second-order valence-corrected chi connectivity index (χ2v) is 3.45. The Bertz CT molecular complexity index is 322. The van der Waals surface area contributed by atoms with Gasteiger partial charge in [-0.25, -0.2) is 4.39 Å². The number of benzene rings is 1. The first-order valence-corrected chi connectivity index (χ1v) is 5.78. The van der Waals surface area contributed by atoms with Gasteiger partial charge < -0.3 is 16.0 Å². The van der Waals surface area contributed by atoms with Crippen molar-refractivity contribution < 1.29 is 4.39 Å². The van der Waals surface area contributed by atoms with Crippen molar-refractivity contribution in [3.63, 3.8) is 0 Å². The molecule has 3 N–H and O–H groups in total. The summed E-state index contributed by atoms with van der Waals surface area (Å²) in [6, 6.07) is 4.85. The van der Waals surface area contributed by atoms with Crippen molar-refractivity contribution in [3.05, 3.63) is 24.0 Å². The van der Waals surface area contributed by atoms with Gasteiger partial charge in [0.15, 0.2) is 0 Å². The number of piperazine rings is 1. The summed E-state index contributed by atoms with van der Waals surface area (Å²) in [7, 11) is 0. The molecule has 0 unspecified atom stereocenters. The first-order chi connectivity index (χ1) is 7.77. The molecule has 0 radical (unpaired) electrons. The lowest BCUT2D eigenvalue weighted by Crippen LogP contribution is -2.43. The summed E-state index contributed by atoms with van der Waals surface area (Å²) < 4.78 is 13.5. The van der Waals surface area contributed by atoms with E-state index in [1.54, 1.807) is 12.1 Å². The number of nitrogens with zero attached hydrogens (tertiary/aromatic N) is 1. The van der Waals surface area contributed by atoms with Crippen molar-refractivity contribution in [1.29, 1.82) is 0 Å². The molecule has 1 heterocycles. The summed E-state index contributed by atoms with van der Waals surface area (Å²) >= 11 is 0. The standard InChI is InChI=1S/C10H14FN3.C2H6/c11-9-7-8(12)1-2-10(9)14-5-3-13-4-6-14;1-2/h1-2,7,13H,3-6,12H2;1-2H3. The quantitative estimate of drug-likeness (QED) is 0.717. The third-order valence-corrected chi connectivity index (χ3v) is 2.43. The molecule has 90 valence electrons. The van der Waals surface area contributed by atoms with Crippen molar-refractivity contribution in [2.75, 3.05) is 36.8 Å². The normalized spacial score (nSPS) is 15.3. The van der Waals surface area contributed by atoms with Gasteiger partial charge in [-0.2, -0.15) is 0 Å². The van der Waals surface area contributed by atoms with Crippen LogP contribution >= 0.6 is 0 Å². The lowest BCUT2D eigenvalue weighted by Gasteiger charge is -2.29. The monoisotopic (exact) mass is 225 g/mol. The fourth-order valence-corrected chi connectivity index (χ4v) is 1.69. The fourth-order valence-electron chi connectivity index (χ4n) is 1.69. The molecule has 0 bridgehead atoms. The molecule has 2 rings (SSSR count). The Morgan fingerprint density at radius 2 is 1.88 bits per heavy atom. The van der Waals surface area contributed by atoms with Gasteiger partial charge in [0.25, 0.3) is 0 Å². The number of rotatable bonds is 1. The van der Waals surface area contributed by atoms with E-state index in [4.69, 9.17) is 5.73 Å². The highest BCUT2D eigenvalue weighted by Gasteiger charge is 2.13. The fraction of sp³-hybridized carbons (Fsp3) is 0.500. The van der Waals surface area contributed by atoms with Crippen LogP contribution in [0.1, 0.15) is 13.8 Å². The summed E-state index contributed by atoms with van der Waals surface area (Å²) in [4.78, 5) is 2.03. The topological polar surface area (TPSA) is 41.3 Å². The van der Waals surface area contributed by atoms with Crippen LogP contribution in [-0.4, -0.2) is 26.2 Å². The second-order valence-electron chi connectivity index (χ2n) is 3.45. The lowest BCUT2D eigenvalue weighted by atomic mass is 10.2. The Morgan fingerprint density at radius 1 is 1.25 bits per heavy atom. The smallest absolute Gasteiger partial charge is 0.148 e. The lowest BCUT2D eigenvalue weighted by molar-refractivity contribution is 0.566. The average Bonchev–Trinajstić information content (AvgIpc) is 2.33. The molecule has 0 amide bonds. The highest BCUT2D eigenvalue weighted by molar-refractivity contribution is 5.54. The van der Waals surface area contributed by atoms with Crippen molar-refractivity contribution in [1.82, 2.24) is 5.32 Å². The van der Waals surface area contributed by atoms with Gasteiger partial charge >= 0.3 is 0 Å². The van der Waals surface area contributed by atoms with E-state index in [1.165, 1.54) is 6.07 Å². The number of halogens is 1. The Hall–Kier alpha value is -1.29. The molecule has 16 heavy (non-hydrogen) atoms. The molecular weight excluding hydrogens is 205 g/mol. The van der Waals surface area contributed by atoms with Gasteiger partial charge in [-0.1, -0.05) is 13.8 Å². The number of hydrogen-bond donors (Lipinski definition) is 2. The number of hydrogen-bond acceptors (Lipinski definition) is 3. The summed E-state index contributed by atoms with van der Waals surface area (Å²) in [5.41, 5.74) is 6.61. The second kappa shape index (κ2) is 6.33. The largest absolute Gasteiger partial charge is 0.399 e. The van der Waals surface area contributed by atoms with E-state index in [0.717, 1.165) is 26.2 Å². The van der Waals surface area contributed by atoms with Crippen molar-refractivity contribution in [3.8, 4) is 0 Å². The van der Waals surface area contributed by atoms with Crippen LogP contribution in [0, 0.1) is 5.82 Å². The molecule has 3 nitrogen and oxygen atoms in total. The third kappa shape index (κ3) is 3.10. The van der Waals surface area contributed by atoms with Crippen LogP contribution in [0.5, 0.6) is 0 Å². The molecular formula is C12H20FN3. The first kappa shape index (κ1) is 12.8. The minimum Gasteiger partial charge on any atom is -0.399 e. The van der Waals surface area contributed by atoms with E-state index in [0.29, 0.717) is 11.4 Å². The van der Waals surface area contributed by atoms with Crippen LogP contribution in [0.3, 0.4) is 0 Å². The van der Waals surface area contributed by atoms with Gasteiger partial charge in [0.1, 0.15) is 5.82 Å². The van der Waals surface area contributed by atoms with Crippen molar-refractivity contribution in [2.45, 2.75) is 13.8 Å². The Balaban J connectivity index is 0.000000606. The van der Waals surface area contributed by atoms with Crippen LogP contribution in [0.15, 0.2) is 18.2 Å². The highest BCUT2D eigenvalue weighted by Crippen LogP contribution is 2.21. The molecule has 0 spiro atoms. The van der Waals surface area contributed by atoms with Gasteiger partial charge in [0.2, 0.25) is 0 Å². The summed E-state index contributed by atoms with van der Waals surface area (Å²) in [6.07, 6.45) is 0. The van der Waals surface area contributed by atoms with E-state index in [-0.39, 0.29) is 5.82 Å². The molecule has 1 saturated heterocycles. The summed E-state index contributed by atoms with van der Waals surface area (Å²) in [5, 5.41) is 3.23. The number of nitrogens with two attached hydrogens (primary N) is 1. The minimum absolute atomic E-state index is 0.230. The van der Waals surface area contributed by atoms with Gasteiger partial charge in [-0.05, 0) is 18.2 Å². The van der Waals surface area contributed by atoms with Gasteiger partial charge in [-0.3, -0.25) is 0 Å². The van der Waals surface area contributed by atoms with Crippen LogP contribution in [0.25, 0.3) is 0 Å². The van der Waals surface area contributed by atoms with E-state index >= 15 is 0 Å². The van der Waals surface area contributed by atoms with Crippen molar-refractivity contribution in [2.24, 2.45) is 0 Å². The minimum atomic E-state index is -0.230. The van der Waals surface area contributed by atoms with Gasteiger partial charge in [0.05, 0.1) is 5.69 Å². The third-order valence-electron chi connectivity index (χ3n) is 2.43. The molecule has 0 aromatic heterocycles. The molecule has 1 aliphatic rings. The number of anilines is 2. The molecule has 1 aromatic rings. The average molecular weight is 225 g/mol. The predicted octanol–water partition coefficient (Wildman–Crippen LogP) is 1.84. The number of nitrogen functional groups attached to an aromatic ring is 1. The van der Waals surface area contributed by atoms with Crippen LogP contribution < -0.4 is 16.0 Å². The maximum absolute atomic E-state index is 13.5. The molecule has 0 aliphatic carbocycles. The van der Waals surface area contributed by atoms with Gasteiger partial charge in [-0.15, -0.1) is 0 Å². The predicted molar refractivity (Wildman–Crippen MR) is 67.2 cm³/mol. The van der Waals surface area contributed by atoms with Crippen LogP contribution in [0.4, 0.5) is 15.8 Å². The molecule has 4 heteroatoms. The maximum atomic E-state index is 13.5. The highest BCUT2D eigenvalue weighted by atomic mass is 19.1. The molecule has 0 atom stereocenters. The maximum Gasteiger partial charge on any atom is 0.148 e. The van der Waals surface area contributed by atoms with E-state index in [9.17, 15) is 4.39 Å². The zero-order chi connectivity index (χ0) is 12.0. The zero-order valence-corrected chi connectivity index (χ0v) is 9.96. The van der Waals surface area contributed by atoms with Crippen molar-refractivity contribution >= 4 is 11.4 Å². The first-order valence-electron chi connectivity index (χ1n) is 5.78. The van der Waals surface area contributed by atoms with E-state index in [1.807, 2.05) is 18.7 Å². The van der Waals surface area contributed by atoms with Crippen LogP contribution in [-0.2, 0) is 0 Å². The van der Waals surface area contributed by atoms with E-state index in [2.05, 4.69) is 5.32 Å². The summed E-state index contributed by atoms with van der Waals surface area (Å²) in [5.74, 6) is -0.230. The Kier molecular flexibility index (Phi) is 5.05. The SMILES string of the molecule is CC.Nc1ccc(N2CCNCC2)c(F)c1. The molecule has 1 fully saturated rings. The molecule has 1 aromatic carbocycles. The molecule has 0 saturated carbocycles. The Morgan fingerprint density at radius 3 is 2.44 bits per heavy atom. The van der Waals surface area contributed by atoms with E-state index < -0.39 is 0 Å². The molecule has 1 aliphatic heterocycles. The number of nitrogens with one attached hydrogen (secondary N) is 1. The Labute approximate surface area is 96.4 Å².